The first-order valence-corrected chi connectivity index (χ1v) is 9.75. The van der Waals surface area contributed by atoms with Crippen LogP contribution in [0.3, 0.4) is 0 Å². The number of benzene rings is 1. The van der Waals surface area contributed by atoms with E-state index < -0.39 is 30.4 Å². The molecule has 0 spiro atoms. The third-order valence-electron chi connectivity index (χ3n) is 4.71. The molecule has 1 aliphatic carbocycles. The highest BCUT2D eigenvalue weighted by atomic mass is 19.4. The zero-order chi connectivity index (χ0) is 22.6. The molecule has 170 valence electrons. The average Bonchev–Trinajstić information content (AvgIpc) is 3.19. The summed E-state index contributed by atoms with van der Waals surface area (Å²) in [6.45, 7) is 0.0576. The fourth-order valence-electron chi connectivity index (χ4n) is 3.30. The van der Waals surface area contributed by atoms with Crippen LogP contribution in [0.15, 0.2) is 30.5 Å². The van der Waals surface area contributed by atoms with Gasteiger partial charge < -0.3 is 14.4 Å². The van der Waals surface area contributed by atoms with Crippen LogP contribution >= 0.6 is 0 Å². The lowest BCUT2D eigenvalue weighted by Gasteiger charge is -2.23. The molecule has 1 aliphatic rings. The van der Waals surface area contributed by atoms with Crippen LogP contribution in [0.4, 0.5) is 38.0 Å². The van der Waals surface area contributed by atoms with Crippen LogP contribution < -0.4 is 14.4 Å². The molecule has 31 heavy (non-hydrogen) atoms. The molecule has 1 saturated carbocycles. The van der Waals surface area contributed by atoms with Crippen molar-refractivity contribution in [2.75, 3.05) is 18.1 Å². The van der Waals surface area contributed by atoms with E-state index >= 15 is 0 Å². The molecular weight excluding hydrogens is 428 g/mol. The number of halogens is 6. The summed E-state index contributed by atoms with van der Waals surface area (Å²) in [5, 5.41) is 0. The number of ether oxygens (including phenoxy) is 2. The lowest BCUT2D eigenvalue weighted by Crippen LogP contribution is -2.24. The first-order valence-electron chi connectivity index (χ1n) is 9.75. The van der Waals surface area contributed by atoms with E-state index in [2.05, 4.69) is 14.7 Å². The number of alkyl halides is 6. The maximum atomic E-state index is 13.2. The van der Waals surface area contributed by atoms with Crippen molar-refractivity contribution in [2.24, 2.45) is 0 Å². The Morgan fingerprint density at radius 3 is 2.42 bits per heavy atom. The van der Waals surface area contributed by atoms with E-state index in [0.29, 0.717) is 17.6 Å². The predicted octanol–water partition coefficient (Wildman–Crippen LogP) is 5.92. The highest BCUT2D eigenvalue weighted by molar-refractivity contribution is 5.60. The molecule has 0 bridgehead atoms. The summed E-state index contributed by atoms with van der Waals surface area (Å²) >= 11 is 0. The number of hydrogen-bond acceptors (Lipinski definition) is 5. The lowest BCUT2D eigenvalue weighted by molar-refractivity contribution is -0.159. The van der Waals surface area contributed by atoms with Crippen LogP contribution in [-0.2, 0) is 6.18 Å². The number of hydrogen-bond donors (Lipinski definition) is 0. The molecule has 1 aromatic carbocycles. The lowest BCUT2D eigenvalue weighted by atomic mass is 10.2. The van der Waals surface area contributed by atoms with Crippen molar-refractivity contribution in [3.05, 3.63) is 36.0 Å². The average molecular weight is 449 g/mol. The third kappa shape index (κ3) is 6.14. The first-order chi connectivity index (χ1) is 14.6. The Morgan fingerprint density at radius 1 is 1.10 bits per heavy atom. The van der Waals surface area contributed by atoms with Crippen LogP contribution in [-0.4, -0.2) is 35.4 Å². The van der Waals surface area contributed by atoms with Gasteiger partial charge in [-0.15, -0.1) is 0 Å². The van der Waals surface area contributed by atoms with Gasteiger partial charge >= 0.3 is 12.4 Å². The van der Waals surface area contributed by atoms with Gasteiger partial charge in [-0.25, -0.2) is 4.98 Å². The topological polar surface area (TPSA) is 47.5 Å². The second kappa shape index (κ2) is 9.19. The normalized spacial score (nSPS) is 15.2. The molecule has 1 heterocycles. The second-order valence-electron chi connectivity index (χ2n) is 7.06. The van der Waals surface area contributed by atoms with Crippen LogP contribution in [0.5, 0.6) is 11.6 Å². The van der Waals surface area contributed by atoms with Gasteiger partial charge in [-0.2, -0.15) is 31.3 Å². The summed E-state index contributed by atoms with van der Waals surface area (Å²) in [7, 11) is 0. The van der Waals surface area contributed by atoms with E-state index in [0.717, 1.165) is 25.7 Å². The largest absolute Gasteiger partial charge is 0.490 e. The molecule has 1 fully saturated rings. The monoisotopic (exact) mass is 449 g/mol. The van der Waals surface area contributed by atoms with Gasteiger partial charge in [0.1, 0.15) is 11.3 Å². The number of rotatable bonds is 7. The highest BCUT2D eigenvalue weighted by Crippen LogP contribution is 2.37. The quantitative estimate of drug-likeness (QED) is 0.492. The number of nitrogens with zero attached hydrogens (tertiary/aromatic N) is 3. The summed E-state index contributed by atoms with van der Waals surface area (Å²) in [5.41, 5.74) is -0.950. The molecule has 1 aromatic heterocycles. The van der Waals surface area contributed by atoms with Gasteiger partial charge in [-0.1, -0.05) is 6.07 Å². The van der Waals surface area contributed by atoms with Crippen molar-refractivity contribution in [3.63, 3.8) is 0 Å². The summed E-state index contributed by atoms with van der Waals surface area (Å²) < 4.78 is 87.3. The summed E-state index contributed by atoms with van der Waals surface area (Å²) in [6.07, 6.45) is -5.18. The standard InChI is InChI=1S/C20H21F6N3O2/c1-2-29(13-6-5-9-15(10-13)31-14-7-3-4-8-14)18-27-11-16(20(24,25)26)17(28-18)30-12-19(21,22)23/h5-6,9-11,14H,2-4,7-8,12H2,1H3. The minimum atomic E-state index is -4.97. The molecule has 11 heteroatoms. The van der Waals surface area contributed by atoms with Gasteiger partial charge in [0, 0.05) is 24.5 Å². The summed E-state index contributed by atoms with van der Waals surface area (Å²) in [5.74, 6) is -0.805. The Balaban J connectivity index is 1.90. The second-order valence-corrected chi connectivity index (χ2v) is 7.06. The van der Waals surface area contributed by atoms with E-state index in [9.17, 15) is 26.3 Å². The minimum absolute atomic E-state index is 0.106. The zero-order valence-corrected chi connectivity index (χ0v) is 16.6. The fraction of sp³-hybridized carbons (Fsp3) is 0.500. The van der Waals surface area contributed by atoms with Crippen molar-refractivity contribution in [3.8, 4) is 11.6 Å². The smallest absolute Gasteiger partial charge is 0.423 e. The highest BCUT2D eigenvalue weighted by Gasteiger charge is 2.38. The van der Waals surface area contributed by atoms with Gasteiger partial charge in [-0.3, -0.25) is 0 Å². The summed E-state index contributed by atoms with van der Waals surface area (Å²) in [6, 6.07) is 6.86. The molecular formula is C20H21F6N3O2. The van der Waals surface area contributed by atoms with Crippen molar-refractivity contribution < 1.29 is 35.8 Å². The first kappa shape index (κ1) is 23.0. The Labute approximate surface area is 175 Å². The molecule has 0 unspecified atom stereocenters. The zero-order valence-electron chi connectivity index (χ0n) is 16.6. The van der Waals surface area contributed by atoms with Crippen molar-refractivity contribution in [2.45, 2.75) is 51.1 Å². The molecule has 0 amide bonds. The molecule has 0 saturated heterocycles. The summed E-state index contributed by atoms with van der Waals surface area (Å²) in [4.78, 5) is 8.84. The van der Waals surface area contributed by atoms with E-state index in [1.807, 2.05) is 0 Å². The molecule has 0 N–H and O–H groups in total. The van der Waals surface area contributed by atoms with E-state index in [4.69, 9.17) is 4.74 Å². The minimum Gasteiger partial charge on any atom is -0.490 e. The van der Waals surface area contributed by atoms with Gasteiger partial charge in [0.15, 0.2) is 6.61 Å². The van der Waals surface area contributed by atoms with E-state index in [1.54, 1.807) is 31.2 Å². The Kier molecular flexibility index (Phi) is 6.80. The van der Waals surface area contributed by atoms with Gasteiger partial charge in [0.25, 0.3) is 0 Å². The van der Waals surface area contributed by atoms with Crippen LogP contribution in [0.2, 0.25) is 0 Å². The molecule has 0 atom stereocenters. The number of aromatic nitrogens is 2. The Morgan fingerprint density at radius 2 is 1.81 bits per heavy atom. The maximum Gasteiger partial charge on any atom is 0.423 e. The van der Waals surface area contributed by atoms with Crippen LogP contribution in [0.1, 0.15) is 38.2 Å². The Hall–Kier alpha value is -2.72. The van der Waals surface area contributed by atoms with Gasteiger partial charge in [-0.05, 0) is 44.7 Å². The van der Waals surface area contributed by atoms with Crippen molar-refractivity contribution in [1.82, 2.24) is 9.97 Å². The Bertz CT molecular complexity index is 882. The maximum absolute atomic E-state index is 13.2. The SMILES string of the molecule is CCN(c1cccc(OC2CCCC2)c1)c1ncc(C(F)(F)F)c(OCC(F)(F)F)n1. The van der Waals surface area contributed by atoms with Crippen LogP contribution in [0, 0.1) is 0 Å². The fourth-order valence-corrected chi connectivity index (χ4v) is 3.30. The third-order valence-corrected chi connectivity index (χ3v) is 4.71. The molecule has 2 aromatic rings. The van der Waals surface area contributed by atoms with E-state index in [-0.39, 0.29) is 18.6 Å². The molecule has 0 aliphatic heterocycles. The van der Waals surface area contributed by atoms with E-state index in [1.165, 1.54) is 4.90 Å². The van der Waals surface area contributed by atoms with Gasteiger partial charge in [0.2, 0.25) is 11.8 Å². The van der Waals surface area contributed by atoms with Crippen molar-refractivity contribution >= 4 is 11.6 Å². The molecule has 3 rings (SSSR count). The van der Waals surface area contributed by atoms with Gasteiger partial charge in [0.05, 0.1) is 6.10 Å². The van der Waals surface area contributed by atoms with Crippen molar-refractivity contribution in [1.29, 1.82) is 0 Å². The van der Waals surface area contributed by atoms with Crippen LogP contribution in [0.25, 0.3) is 0 Å². The molecule has 0 radical (unpaired) electrons. The molecule has 5 nitrogen and oxygen atoms in total. The number of anilines is 2. The predicted molar refractivity (Wildman–Crippen MR) is 101 cm³/mol.